The molecule has 0 bridgehead atoms. The predicted molar refractivity (Wildman–Crippen MR) is 74.4 cm³/mol. The molecule has 0 aliphatic carbocycles. The van der Waals surface area contributed by atoms with Crippen LogP contribution < -0.4 is 0 Å². The Balaban J connectivity index is 2.84. The molecule has 0 radical (unpaired) electrons. The highest BCUT2D eigenvalue weighted by molar-refractivity contribution is 5.85. The normalized spacial score (nSPS) is 11.3. The molecule has 1 aromatic rings. The number of hydrogen-bond acceptors (Lipinski definition) is 2. The number of aliphatic carboxylic acids is 1. The Labute approximate surface area is 109 Å². The molecule has 0 aromatic heterocycles. The standard InChI is InChI=1S/C15H21NO2/c1-3-11-16(4-2)12-14-8-6-5-7-13(14)9-10-15(17)18/h5-10H,3-4,11-12H2,1-2H3,(H,17,18)/b10-9+. The Morgan fingerprint density at radius 1 is 1.33 bits per heavy atom. The van der Waals surface area contributed by atoms with E-state index in [0.29, 0.717) is 0 Å². The van der Waals surface area contributed by atoms with E-state index < -0.39 is 5.97 Å². The molecule has 1 aromatic carbocycles. The highest BCUT2D eigenvalue weighted by Crippen LogP contribution is 2.13. The van der Waals surface area contributed by atoms with Crippen molar-refractivity contribution in [1.82, 2.24) is 4.90 Å². The smallest absolute Gasteiger partial charge is 0.328 e. The summed E-state index contributed by atoms with van der Waals surface area (Å²) in [5.74, 6) is -0.911. The summed E-state index contributed by atoms with van der Waals surface area (Å²) in [6.07, 6.45) is 3.98. The van der Waals surface area contributed by atoms with Gasteiger partial charge in [0.25, 0.3) is 0 Å². The molecular formula is C15H21NO2. The molecule has 0 fully saturated rings. The highest BCUT2D eigenvalue weighted by atomic mass is 16.4. The summed E-state index contributed by atoms with van der Waals surface area (Å²) >= 11 is 0. The first-order valence-corrected chi connectivity index (χ1v) is 6.38. The predicted octanol–water partition coefficient (Wildman–Crippen LogP) is 3.02. The summed E-state index contributed by atoms with van der Waals surface area (Å²) in [4.78, 5) is 12.9. The van der Waals surface area contributed by atoms with Gasteiger partial charge in [0.1, 0.15) is 0 Å². The fourth-order valence-electron chi connectivity index (χ4n) is 1.91. The van der Waals surface area contributed by atoms with Gasteiger partial charge in [0.2, 0.25) is 0 Å². The van der Waals surface area contributed by atoms with Gasteiger partial charge in [-0.05, 0) is 36.7 Å². The van der Waals surface area contributed by atoms with Crippen molar-refractivity contribution < 1.29 is 9.90 Å². The molecule has 0 unspecified atom stereocenters. The van der Waals surface area contributed by atoms with Gasteiger partial charge in [-0.15, -0.1) is 0 Å². The maximum absolute atomic E-state index is 10.6. The van der Waals surface area contributed by atoms with Crippen molar-refractivity contribution in [2.75, 3.05) is 13.1 Å². The van der Waals surface area contributed by atoms with Crippen LogP contribution in [0.4, 0.5) is 0 Å². The zero-order chi connectivity index (χ0) is 13.4. The molecule has 0 aliphatic rings. The third-order valence-electron chi connectivity index (χ3n) is 2.84. The largest absolute Gasteiger partial charge is 0.478 e. The van der Waals surface area contributed by atoms with Crippen molar-refractivity contribution >= 4 is 12.0 Å². The number of hydrogen-bond donors (Lipinski definition) is 1. The van der Waals surface area contributed by atoms with Crippen molar-refractivity contribution in [2.24, 2.45) is 0 Å². The van der Waals surface area contributed by atoms with E-state index in [4.69, 9.17) is 5.11 Å². The van der Waals surface area contributed by atoms with E-state index in [2.05, 4.69) is 24.8 Å². The van der Waals surface area contributed by atoms with Crippen LogP contribution in [0.3, 0.4) is 0 Å². The van der Waals surface area contributed by atoms with E-state index in [1.807, 2.05) is 18.2 Å². The molecule has 0 saturated carbocycles. The topological polar surface area (TPSA) is 40.5 Å². The van der Waals surface area contributed by atoms with Crippen molar-refractivity contribution in [2.45, 2.75) is 26.8 Å². The fraction of sp³-hybridized carbons (Fsp3) is 0.400. The van der Waals surface area contributed by atoms with Gasteiger partial charge in [0, 0.05) is 12.6 Å². The molecule has 3 heteroatoms. The zero-order valence-corrected chi connectivity index (χ0v) is 11.1. The minimum Gasteiger partial charge on any atom is -0.478 e. The van der Waals surface area contributed by atoms with E-state index in [1.54, 1.807) is 6.08 Å². The summed E-state index contributed by atoms with van der Waals surface area (Å²) in [5, 5.41) is 8.68. The van der Waals surface area contributed by atoms with Crippen LogP contribution in [0.15, 0.2) is 30.3 Å². The molecule has 1 rings (SSSR count). The van der Waals surface area contributed by atoms with Gasteiger partial charge in [-0.25, -0.2) is 4.79 Å². The number of benzene rings is 1. The van der Waals surface area contributed by atoms with Crippen LogP contribution in [0.5, 0.6) is 0 Å². The highest BCUT2D eigenvalue weighted by Gasteiger charge is 2.05. The fourth-order valence-corrected chi connectivity index (χ4v) is 1.91. The van der Waals surface area contributed by atoms with Crippen LogP contribution >= 0.6 is 0 Å². The first kappa shape index (κ1) is 14.5. The maximum atomic E-state index is 10.6. The van der Waals surface area contributed by atoms with Gasteiger partial charge in [-0.3, -0.25) is 4.90 Å². The molecule has 18 heavy (non-hydrogen) atoms. The number of carbonyl (C=O) groups is 1. The minimum absolute atomic E-state index is 0.866. The SMILES string of the molecule is CCCN(CC)Cc1ccccc1/C=C/C(=O)O. The van der Waals surface area contributed by atoms with Crippen molar-refractivity contribution in [3.05, 3.63) is 41.5 Å². The Kier molecular flexibility index (Phi) is 6.15. The average Bonchev–Trinajstić information content (AvgIpc) is 2.37. The molecule has 0 amide bonds. The first-order valence-electron chi connectivity index (χ1n) is 6.38. The van der Waals surface area contributed by atoms with Crippen LogP contribution in [-0.2, 0) is 11.3 Å². The second-order valence-corrected chi connectivity index (χ2v) is 4.24. The quantitative estimate of drug-likeness (QED) is 0.753. The number of rotatable bonds is 7. The van der Waals surface area contributed by atoms with E-state index in [0.717, 1.165) is 31.6 Å². The summed E-state index contributed by atoms with van der Waals surface area (Å²) in [7, 11) is 0. The van der Waals surface area contributed by atoms with Gasteiger partial charge < -0.3 is 5.11 Å². The van der Waals surface area contributed by atoms with Crippen LogP contribution in [0.2, 0.25) is 0 Å². The molecular weight excluding hydrogens is 226 g/mol. The van der Waals surface area contributed by atoms with E-state index >= 15 is 0 Å². The summed E-state index contributed by atoms with van der Waals surface area (Å²) in [6, 6.07) is 7.93. The maximum Gasteiger partial charge on any atom is 0.328 e. The van der Waals surface area contributed by atoms with Gasteiger partial charge in [0.15, 0.2) is 0 Å². The average molecular weight is 247 g/mol. The molecule has 0 saturated heterocycles. The van der Waals surface area contributed by atoms with E-state index in [9.17, 15) is 4.79 Å². The molecule has 1 N–H and O–H groups in total. The summed E-state index contributed by atoms with van der Waals surface area (Å²) in [5.41, 5.74) is 2.15. The van der Waals surface area contributed by atoms with Crippen molar-refractivity contribution in [3.63, 3.8) is 0 Å². The first-order chi connectivity index (χ1) is 8.67. The van der Waals surface area contributed by atoms with Gasteiger partial charge in [0.05, 0.1) is 0 Å². The van der Waals surface area contributed by atoms with Crippen LogP contribution in [0.1, 0.15) is 31.4 Å². The van der Waals surface area contributed by atoms with Gasteiger partial charge in [-0.1, -0.05) is 38.1 Å². The summed E-state index contributed by atoms with van der Waals surface area (Å²) in [6.45, 7) is 7.24. The minimum atomic E-state index is -0.911. The lowest BCUT2D eigenvalue weighted by molar-refractivity contribution is -0.131. The Bertz CT molecular complexity index is 413. The number of carboxylic acids is 1. The number of nitrogens with zero attached hydrogens (tertiary/aromatic N) is 1. The lowest BCUT2D eigenvalue weighted by Crippen LogP contribution is -2.23. The van der Waals surface area contributed by atoms with Gasteiger partial charge >= 0.3 is 5.97 Å². The molecule has 0 atom stereocenters. The van der Waals surface area contributed by atoms with Gasteiger partial charge in [-0.2, -0.15) is 0 Å². The van der Waals surface area contributed by atoms with E-state index in [-0.39, 0.29) is 0 Å². The third-order valence-corrected chi connectivity index (χ3v) is 2.84. The molecule has 0 aliphatic heterocycles. The monoisotopic (exact) mass is 247 g/mol. The zero-order valence-electron chi connectivity index (χ0n) is 11.1. The Morgan fingerprint density at radius 3 is 2.67 bits per heavy atom. The Hall–Kier alpha value is -1.61. The molecule has 98 valence electrons. The molecule has 0 heterocycles. The van der Waals surface area contributed by atoms with Crippen LogP contribution in [-0.4, -0.2) is 29.1 Å². The van der Waals surface area contributed by atoms with Crippen LogP contribution in [0.25, 0.3) is 6.08 Å². The molecule has 0 spiro atoms. The van der Waals surface area contributed by atoms with Crippen molar-refractivity contribution in [3.8, 4) is 0 Å². The Morgan fingerprint density at radius 2 is 2.06 bits per heavy atom. The van der Waals surface area contributed by atoms with Crippen LogP contribution in [0, 0.1) is 0 Å². The second kappa shape index (κ2) is 7.67. The summed E-state index contributed by atoms with van der Waals surface area (Å²) < 4.78 is 0. The number of carboxylic acid groups (broad SMARTS) is 1. The third kappa shape index (κ3) is 4.72. The van der Waals surface area contributed by atoms with E-state index in [1.165, 1.54) is 11.6 Å². The molecule has 3 nitrogen and oxygen atoms in total. The second-order valence-electron chi connectivity index (χ2n) is 4.24. The lowest BCUT2D eigenvalue weighted by Gasteiger charge is -2.20. The lowest BCUT2D eigenvalue weighted by atomic mass is 10.1. The van der Waals surface area contributed by atoms with Crippen molar-refractivity contribution in [1.29, 1.82) is 0 Å².